The first-order valence-electron chi connectivity index (χ1n) is 5.71. The summed E-state index contributed by atoms with van der Waals surface area (Å²) in [5, 5.41) is 5.82. The number of rotatable bonds is 4. The monoisotopic (exact) mass is 242 g/mol. The number of carbonyl (C=O) groups is 1. The van der Waals surface area contributed by atoms with E-state index in [0.717, 1.165) is 12.4 Å². The van der Waals surface area contributed by atoms with Gasteiger partial charge in [-0.3, -0.25) is 9.78 Å². The maximum absolute atomic E-state index is 11.9. The van der Waals surface area contributed by atoms with Gasteiger partial charge in [-0.05, 0) is 31.2 Å². The maximum Gasteiger partial charge on any atom is 0.257 e. The van der Waals surface area contributed by atoms with Gasteiger partial charge >= 0.3 is 0 Å². The first kappa shape index (κ1) is 12.0. The fraction of sp³-hybridized carbons (Fsp3) is 0.154. The number of carbonyl (C=O) groups excluding carboxylic acids is 1. The second kappa shape index (κ2) is 5.77. The highest BCUT2D eigenvalue weighted by Gasteiger charge is 2.06. The van der Waals surface area contributed by atoms with E-state index in [9.17, 15) is 4.79 Å². The number of amides is 1. The molecule has 18 heavy (non-hydrogen) atoms. The van der Waals surface area contributed by atoms with Gasteiger partial charge in [-0.15, -0.1) is 0 Å². The van der Waals surface area contributed by atoms with Crippen LogP contribution in [-0.4, -0.2) is 22.4 Å². The van der Waals surface area contributed by atoms with Crippen LogP contribution in [0.25, 0.3) is 0 Å². The molecule has 92 valence electrons. The molecule has 2 aromatic heterocycles. The van der Waals surface area contributed by atoms with Crippen LogP contribution in [0.3, 0.4) is 0 Å². The molecule has 0 aromatic carbocycles. The van der Waals surface area contributed by atoms with Crippen molar-refractivity contribution >= 4 is 17.4 Å². The molecule has 0 aliphatic heterocycles. The highest BCUT2D eigenvalue weighted by molar-refractivity contribution is 6.04. The van der Waals surface area contributed by atoms with Crippen molar-refractivity contribution in [3.63, 3.8) is 0 Å². The molecule has 0 saturated carbocycles. The Labute approximate surface area is 105 Å². The van der Waals surface area contributed by atoms with E-state index < -0.39 is 0 Å². The van der Waals surface area contributed by atoms with Crippen molar-refractivity contribution in [1.82, 2.24) is 9.97 Å². The van der Waals surface area contributed by atoms with Gasteiger partial charge in [-0.2, -0.15) is 0 Å². The third kappa shape index (κ3) is 3.04. The van der Waals surface area contributed by atoms with Gasteiger partial charge in [-0.1, -0.05) is 0 Å². The average molecular weight is 242 g/mol. The van der Waals surface area contributed by atoms with E-state index in [1.54, 1.807) is 42.9 Å². The summed E-state index contributed by atoms with van der Waals surface area (Å²) in [5.74, 6) is 0.564. The molecule has 2 rings (SSSR count). The molecular weight excluding hydrogens is 228 g/mol. The number of anilines is 2. The van der Waals surface area contributed by atoms with Gasteiger partial charge < -0.3 is 10.6 Å². The van der Waals surface area contributed by atoms with Crippen molar-refractivity contribution in [2.24, 2.45) is 0 Å². The minimum absolute atomic E-state index is 0.196. The van der Waals surface area contributed by atoms with E-state index in [1.807, 2.05) is 6.92 Å². The Morgan fingerprint density at radius 2 is 2.17 bits per heavy atom. The number of pyridine rings is 2. The van der Waals surface area contributed by atoms with E-state index in [-0.39, 0.29) is 5.91 Å². The first-order chi connectivity index (χ1) is 8.79. The second-order valence-corrected chi connectivity index (χ2v) is 3.66. The van der Waals surface area contributed by atoms with Crippen LogP contribution in [0.1, 0.15) is 17.3 Å². The number of nitrogens with one attached hydrogen (secondary N) is 2. The van der Waals surface area contributed by atoms with E-state index >= 15 is 0 Å². The van der Waals surface area contributed by atoms with Gasteiger partial charge in [0.05, 0.1) is 17.4 Å². The Hall–Kier alpha value is -2.43. The fourth-order valence-electron chi connectivity index (χ4n) is 1.45. The molecule has 0 unspecified atom stereocenters. The molecule has 0 atom stereocenters. The summed E-state index contributed by atoms with van der Waals surface area (Å²) in [5.41, 5.74) is 1.18. The third-order valence-electron chi connectivity index (χ3n) is 2.30. The zero-order valence-corrected chi connectivity index (χ0v) is 10.1. The van der Waals surface area contributed by atoms with Crippen LogP contribution in [0.2, 0.25) is 0 Å². The predicted octanol–water partition coefficient (Wildman–Crippen LogP) is 2.16. The average Bonchev–Trinajstić information content (AvgIpc) is 2.41. The number of hydrogen-bond acceptors (Lipinski definition) is 4. The van der Waals surface area contributed by atoms with Crippen LogP contribution in [0, 0.1) is 0 Å². The van der Waals surface area contributed by atoms with E-state index in [2.05, 4.69) is 20.6 Å². The van der Waals surface area contributed by atoms with E-state index in [0.29, 0.717) is 11.3 Å². The van der Waals surface area contributed by atoms with Crippen LogP contribution in [0.15, 0.2) is 42.9 Å². The van der Waals surface area contributed by atoms with Gasteiger partial charge in [0, 0.05) is 18.9 Å². The Morgan fingerprint density at radius 3 is 2.78 bits per heavy atom. The smallest absolute Gasteiger partial charge is 0.257 e. The number of nitrogens with zero attached hydrogens (tertiary/aromatic N) is 2. The zero-order valence-electron chi connectivity index (χ0n) is 10.1. The van der Waals surface area contributed by atoms with Crippen LogP contribution >= 0.6 is 0 Å². The van der Waals surface area contributed by atoms with Crippen molar-refractivity contribution in [3.05, 3.63) is 48.4 Å². The quantitative estimate of drug-likeness (QED) is 0.862. The molecule has 0 bridgehead atoms. The van der Waals surface area contributed by atoms with Gasteiger partial charge in [0.1, 0.15) is 5.82 Å². The van der Waals surface area contributed by atoms with Crippen LogP contribution in [-0.2, 0) is 0 Å². The van der Waals surface area contributed by atoms with Gasteiger partial charge in [0.2, 0.25) is 0 Å². The molecule has 5 heteroatoms. The molecule has 2 N–H and O–H groups in total. The molecule has 0 fully saturated rings. The minimum Gasteiger partial charge on any atom is -0.370 e. The van der Waals surface area contributed by atoms with Crippen LogP contribution in [0.5, 0.6) is 0 Å². The predicted molar refractivity (Wildman–Crippen MR) is 70.6 cm³/mol. The highest BCUT2D eigenvalue weighted by Crippen LogP contribution is 2.08. The molecule has 0 aliphatic carbocycles. The molecule has 2 aromatic rings. The largest absolute Gasteiger partial charge is 0.370 e. The van der Waals surface area contributed by atoms with Crippen molar-refractivity contribution in [3.8, 4) is 0 Å². The van der Waals surface area contributed by atoms with E-state index in [1.165, 1.54) is 0 Å². The normalized spacial score (nSPS) is 9.83. The summed E-state index contributed by atoms with van der Waals surface area (Å²) in [6.45, 7) is 2.79. The molecule has 0 aliphatic rings. The summed E-state index contributed by atoms with van der Waals surface area (Å²) in [6.07, 6.45) is 4.80. The second-order valence-electron chi connectivity index (χ2n) is 3.66. The Kier molecular flexibility index (Phi) is 3.86. The zero-order chi connectivity index (χ0) is 12.8. The van der Waals surface area contributed by atoms with Gasteiger partial charge in [-0.25, -0.2) is 4.98 Å². The van der Waals surface area contributed by atoms with Crippen molar-refractivity contribution in [1.29, 1.82) is 0 Å². The van der Waals surface area contributed by atoms with Gasteiger partial charge in [0.25, 0.3) is 5.91 Å². The Morgan fingerprint density at radius 1 is 1.28 bits per heavy atom. The lowest BCUT2D eigenvalue weighted by atomic mass is 10.2. The first-order valence-corrected chi connectivity index (χ1v) is 5.71. The van der Waals surface area contributed by atoms with Crippen molar-refractivity contribution in [2.75, 3.05) is 17.2 Å². The molecule has 0 radical (unpaired) electrons. The fourth-order valence-corrected chi connectivity index (χ4v) is 1.45. The molecular formula is C13H14N4O. The van der Waals surface area contributed by atoms with Crippen molar-refractivity contribution in [2.45, 2.75) is 6.92 Å². The minimum atomic E-state index is -0.196. The lowest BCUT2D eigenvalue weighted by Gasteiger charge is -2.05. The molecule has 0 saturated heterocycles. The molecule has 2 heterocycles. The summed E-state index contributed by atoms with van der Waals surface area (Å²) in [4.78, 5) is 20.0. The lowest BCUT2D eigenvalue weighted by Crippen LogP contribution is -2.12. The Bertz CT molecular complexity index is 510. The number of aromatic nitrogens is 2. The number of hydrogen-bond donors (Lipinski definition) is 2. The molecule has 0 spiro atoms. The lowest BCUT2D eigenvalue weighted by molar-refractivity contribution is 0.102. The maximum atomic E-state index is 11.9. The SMILES string of the molecule is CCNc1ccc(C(=O)Nc2cccnc2)cn1. The molecule has 1 amide bonds. The standard InChI is InChI=1S/C13H14N4O/c1-2-15-12-6-5-10(8-16-12)13(18)17-11-4-3-7-14-9-11/h3-9H,2H2,1H3,(H,15,16)(H,17,18). The Balaban J connectivity index is 2.05. The third-order valence-corrected chi connectivity index (χ3v) is 2.30. The summed E-state index contributed by atoms with van der Waals surface area (Å²) < 4.78 is 0. The topological polar surface area (TPSA) is 66.9 Å². The van der Waals surface area contributed by atoms with Crippen LogP contribution < -0.4 is 10.6 Å². The van der Waals surface area contributed by atoms with Crippen LogP contribution in [0.4, 0.5) is 11.5 Å². The van der Waals surface area contributed by atoms with Gasteiger partial charge in [0.15, 0.2) is 0 Å². The molecule has 5 nitrogen and oxygen atoms in total. The highest BCUT2D eigenvalue weighted by atomic mass is 16.1. The summed E-state index contributed by atoms with van der Waals surface area (Å²) >= 11 is 0. The van der Waals surface area contributed by atoms with E-state index in [4.69, 9.17) is 0 Å². The summed E-state index contributed by atoms with van der Waals surface area (Å²) in [6, 6.07) is 7.06. The van der Waals surface area contributed by atoms with Crippen molar-refractivity contribution < 1.29 is 4.79 Å². The summed E-state index contributed by atoms with van der Waals surface area (Å²) in [7, 11) is 0.